The molecule has 0 atom stereocenters. The Morgan fingerprint density at radius 3 is 2.33 bits per heavy atom. The van der Waals surface area contributed by atoms with Gasteiger partial charge in [0.1, 0.15) is 0 Å². The number of hydrogen-bond acceptors (Lipinski definition) is 5. The molecule has 0 saturated heterocycles. The summed E-state index contributed by atoms with van der Waals surface area (Å²) in [7, 11) is 10.6. The summed E-state index contributed by atoms with van der Waals surface area (Å²) in [6, 6.07) is 3.83. The lowest BCUT2D eigenvalue weighted by atomic mass is 10.1. The van der Waals surface area contributed by atoms with Gasteiger partial charge < -0.3 is 24.4 Å². The molecule has 9 heteroatoms. The average molecular weight is 531 g/mol. The van der Waals surface area contributed by atoms with Gasteiger partial charge in [0.05, 0.1) is 27.0 Å². The standard InChI is InChI=1S/C21H33N5O3.HI/c1-14(2)18-16(13-26(5)24-18)12-25(4)21(22-3)23-11-15-9-10-17(27-6)20(29-8)19(15)28-7;/h9-10,13-14H,11-12H2,1-8H3,(H,22,23);1H. The Hall–Kier alpha value is -2.17. The van der Waals surface area contributed by atoms with E-state index in [4.69, 9.17) is 14.2 Å². The van der Waals surface area contributed by atoms with Gasteiger partial charge in [0.15, 0.2) is 17.5 Å². The molecular formula is C21H34IN5O3. The zero-order valence-electron chi connectivity index (χ0n) is 19.1. The smallest absolute Gasteiger partial charge is 0.203 e. The quantitative estimate of drug-likeness (QED) is 0.320. The zero-order chi connectivity index (χ0) is 21.6. The van der Waals surface area contributed by atoms with Crippen molar-refractivity contribution in [1.29, 1.82) is 0 Å². The van der Waals surface area contributed by atoms with Crippen LogP contribution in [0.25, 0.3) is 0 Å². The molecule has 1 N–H and O–H groups in total. The molecule has 0 radical (unpaired) electrons. The second-order valence-corrected chi connectivity index (χ2v) is 7.12. The maximum Gasteiger partial charge on any atom is 0.203 e. The molecule has 2 rings (SSSR count). The summed E-state index contributed by atoms with van der Waals surface area (Å²) in [4.78, 5) is 6.50. The van der Waals surface area contributed by atoms with Crippen LogP contribution in [-0.4, -0.2) is 56.1 Å². The van der Waals surface area contributed by atoms with Crippen LogP contribution < -0.4 is 19.5 Å². The molecule has 0 spiro atoms. The third-order valence-corrected chi connectivity index (χ3v) is 4.69. The molecule has 8 nitrogen and oxygen atoms in total. The van der Waals surface area contributed by atoms with E-state index in [0.717, 1.165) is 17.2 Å². The van der Waals surface area contributed by atoms with E-state index < -0.39 is 0 Å². The Bertz CT molecular complexity index is 851. The Balaban J connectivity index is 0.00000450. The van der Waals surface area contributed by atoms with Crippen molar-refractivity contribution in [1.82, 2.24) is 20.0 Å². The largest absolute Gasteiger partial charge is 0.493 e. The van der Waals surface area contributed by atoms with E-state index in [2.05, 4.69) is 40.4 Å². The maximum absolute atomic E-state index is 5.57. The van der Waals surface area contributed by atoms with Gasteiger partial charge in [-0.25, -0.2) is 0 Å². The summed E-state index contributed by atoms with van der Waals surface area (Å²) in [5.74, 6) is 3.00. The zero-order valence-corrected chi connectivity index (χ0v) is 21.5. The number of ether oxygens (including phenoxy) is 3. The molecule has 0 bridgehead atoms. The SMILES string of the molecule is CN=C(NCc1ccc(OC)c(OC)c1OC)N(C)Cc1cn(C)nc1C(C)C.I. The highest BCUT2D eigenvalue weighted by atomic mass is 127. The first kappa shape index (κ1) is 25.9. The lowest BCUT2D eigenvalue weighted by Gasteiger charge is -2.23. The van der Waals surface area contributed by atoms with Crippen molar-refractivity contribution in [3.63, 3.8) is 0 Å². The first-order valence-electron chi connectivity index (χ1n) is 9.58. The second-order valence-electron chi connectivity index (χ2n) is 7.12. The van der Waals surface area contributed by atoms with Crippen molar-refractivity contribution >= 4 is 29.9 Å². The number of aryl methyl sites for hydroxylation is 1. The first-order chi connectivity index (χ1) is 13.9. The maximum atomic E-state index is 5.57. The van der Waals surface area contributed by atoms with E-state index in [-0.39, 0.29) is 24.0 Å². The summed E-state index contributed by atoms with van der Waals surface area (Å²) in [6.07, 6.45) is 2.07. The number of benzene rings is 1. The number of hydrogen-bond donors (Lipinski definition) is 1. The molecular weight excluding hydrogens is 497 g/mol. The lowest BCUT2D eigenvalue weighted by Crippen LogP contribution is -2.38. The number of nitrogens with zero attached hydrogens (tertiary/aromatic N) is 4. The highest BCUT2D eigenvalue weighted by Crippen LogP contribution is 2.39. The molecule has 168 valence electrons. The van der Waals surface area contributed by atoms with Crippen LogP contribution in [0, 0.1) is 0 Å². The molecule has 0 aliphatic heterocycles. The number of rotatable bonds is 8. The minimum atomic E-state index is 0. The fourth-order valence-corrected chi connectivity index (χ4v) is 3.35. The van der Waals surface area contributed by atoms with Crippen LogP contribution in [0.15, 0.2) is 23.3 Å². The summed E-state index contributed by atoms with van der Waals surface area (Å²) in [6.45, 7) is 5.55. The van der Waals surface area contributed by atoms with Gasteiger partial charge in [-0.1, -0.05) is 13.8 Å². The summed E-state index contributed by atoms with van der Waals surface area (Å²) in [5, 5.41) is 7.98. The van der Waals surface area contributed by atoms with Gasteiger partial charge in [-0.3, -0.25) is 9.67 Å². The predicted octanol–water partition coefficient (Wildman–Crippen LogP) is 3.39. The van der Waals surface area contributed by atoms with Crippen LogP contribution in [-0.2, 0) is 20.1 Å². The van der Waals surface area contributed by atoms with Crippen molar-refractivity contribution in [2.24, 2.45) is 12.0 Å². The molecule has 30 heavy (non-hydrogen) atoms. The minimum absolute atomic E-state index is 0. The monoisotopic (exact) mass is 531 g/mol. The number of halogens is 1. The summed E-state index contributed by atoms with van der Waals surface area (Å²) in [5.41, 5.74) is 3.25. The Morgan fingerprint density at radius 1 is 1.13 bits per heavy atom. The minimum Gasteiger partial charge on any atom is -0.493 e. The van der Waals surface area contributed by atoms with Crippen LogP contribution in [0.1, 0.15) is 36.6 Å². The van der Waals surface area contributed by atoms with Gasteiger partial charge in [0, 0.05) is 51.6 Å². The average Bonchev–Trinajstić information content (AvgIpc) is 3.07. The number of methoxy groups -OCH3 is 3. The fourth-order valence-electron chi connectivity index (χ4n) is 3.35. The van der Waals surface area contributed by atoms with E-state index >= 15 is 0 Å². The molecule has 0 aliphatic rings. The van der Waals surface area contributed by atoms with Crippen LogP contribution in [0.3, 0.4) is 0 Å². The Labute approximate surface area is 196 Å². The van der Waals surface area contributed by atoms with E-state index in [0.29, 0.717) is 36.3 Å². The summed E-state index contributed by atoms with van der Waals surface area (Å²) >= 11 is 0. The van der Waals surface area contributed by atoms with Crippen LogP contribution in [0.2, 0.25) is 0 Å². The van der Waals surface area contributed by atoms with E-state index in [1.807, 2.05) is 30.9 Å². The van der Waals surface area contributed by atoms with Gasteiger partial charge in [0.2, 0.25) is 5.75 Å². The van der Waals surface area contributed by atoms with Gasteiger partial charge in [-0.2, -0.15) is 5.10 Å². The molecule has 1 aromatic carbocycles. The second kappa shape index (κ2) is 11.9. The van der Waals surface area contributed by atoms with Crippen molar-refractivity contribution in [2.75, 3.05) is 35.4 Å². The third kappa shape index (κ3) is 5.93. The van der Waals surface area contributed by atoms with Crippen LogP contribution in [0.4, 0.5) is 0 Å². The van der Waals surface area contributed by atoms with Gasteiger partial charge in [-0.15, -0.1) is 24.0 Å². The van der Waals surface area contributed by atoms with Crippen molar-refractivity contribution in [3.8, 4) is 17.2 Å². The number of guanidine groups is 1. The number of nitrogens with one attached hydrogen (secondary N) is 1. The van der Waals surface area contributed by atoms with Crippen LogP contribution in [0.5, 0.6) is 17.2 Å². The highest BCUT2D eigenvalue weighted by Gasteiger charge is 2.18. The molecule has 1 aromatic heterocycles. The fraction of sp³-hybridized carbons (Fsp3) is 0.524. The van der Waals surface area contributed by atoms with E-state index in [1.165, 1.54) is 5.56 Å². The predicted molar refractivity (Wildman–Crippen MR) is 130 cm³/mol. The van der Waals surface area contributed by atoms with Crippen molar-refractivity contribution in [3.05, 3.63) is 35.2 Å². The molecule has 0 saturated carbocycles. The molecule has 0 aliphatic carbocycles. The van der Waals surface area contributed by atoms with Gasteiger partial charge in [-0.05, 0) is 18.1 Å². The first-order valence-corrected chi connectivity index (χ1v) is 9.58. The molecule has 0 unspecified atom stereocenters. The lowest BCUT2D eigenvalue weighted by molar-refractivity contribution is 0.322. The van der Waals surface area contributed by atoms with Crippen molar-refractivity contribution in [2.45, 2.75) is 32.9 Å². The number of aliphatic imine (C=N–C) groups is 1. The molecule has 0 amide bonds. The Morgan fingerprint density at radius 2 is 1.80 bits per heavy atom. The third-order valence-electron chi connectivity index (χ3n) is 4.69. The van der Waals surface area contributed by atoms with Crippen molar-refractivity contribution < 1.29 is 14.2 Å². The highest BCUT2D eigenvalue weighted by molar-refractivity contribution is 14.0. The number of aromatic nitrogens is 2. The normalized spacial score (nSPS) is 11.2. The van der Waals surface area contributed by atoms with Gasteiger partial charge >= 0.3 is 0 Å². The molecule has 2 aromatic rings. The topological polar surface area (TPSA) is 73.1 Å². The van der Waals surface area contributed by atoms with Gasteiger partial charge in [0.25, 0.3) is 0 Å². The van der Waals surface area contributed by atoms with Crippen LogP contribution >= 0.6 is 24.0 Å². The summed E-state index contributed by atoms with van der Waals surface area (Å²) < 4.78 is 18.3. The molecule has 0 fully saturated rings. The van der Waals surface area contributed by atoms with E-state index in [9.17, 15) is 0 Å². The van der Waals surface area contributed by atoms with E-state index in [1.54, 1.807) is 28.4 Å². The molecule has 1 heterocycles. The Kier molecular flexibility index (Phi) is 10.2.